The molecule has 0 fully saturated rings. The number of thioether (sulfide) groups is 1. The molecule has 0 aliphatic heterocycles. The first kappa shape index (κ1) is 18.8. The average Bonchev–Trinajstić information content (AvgIpc) is 2.97. The van der Waals surface area contributed by atoms with Crippen LogP contribution in [0.5, 0.6) is 0 Å². The third-order valence-corrected chi connectivity index (χ3v) is 5.30. The van der Waals surface area contributed by atoms with Gasteiger partial charge in [0.2, 0.25) is 0 Å². The monoisotopic (exact) mass is 395 g/mol. The fraction of sp³-hybridized carbons (Fsp3) is 0.158. The highest BCUT2D eigenvalue weighted by atomic mass is 35.5. The number of nitrogens with two attached hydrogens (primary N) is 1. The molecule has 3 aromatic rings. The third-order valence-electron chi connectivity index (χ3n) is 4.06. The van der Waals surface area contributed by atoms with E-state index in [1.54, 1.807) is 24.3 Å². The molecule has 0 amide bonds. The van der Waals surface area contributed by atoms with E-state index >= 15 is 0 Å². The summed E-state index contributed by atoms with van der Waals surface area (Å²) in [5, 5.41) is 24.2. The molecule has 0 aliphatic carbocycles. The van der Waals surface area contributed by atoms with Gasteiger partial charge in [0.05, 0.1) is 11.3 Å². The van der Waals surface area contributed by atoms with Crippen molar-refractivity contribution < 1.29 is 4.52 Å². The zero-order chi connectivity index (χ0) is 19.6. The number of benzene rings is 1. The maximum atomic E-state index is 9.79. The predicted octanol–water partition coefficient (Wildman–Crippen LogP) is 4.62. The second-order valence-corrected chi connectivity index (χ2v) is 7.15. The molecule has 0 spiro atoms. The maximum absolute atomic E-state index is 9.79. The van der Waals surface area contributed by atoms with E-state index < -0.39 is 0 Å². The van der Waals surface area contributed by atoms with E-state index in [4.69, 9.17) is 21.9 Å². The van der Waals surface area contributed by atoms with Gasteiger partial charge >= 0.3 is 0 Å². The van der Waals surface area contributed by atoms with Gasteiger partial charge in [-0.3, -0.25) is 0 Å². The molecule has 2 heterocycles. The standard InChI is InChI=1S/C19H14ClN5OS/c1-10-16(11(2)26-25-10)9-27-19-15(8-22)17(14(7-21)18(23)24-19)12-4-3-5-13(20)6-12/h3-6H,9H2,1-2H3,(H2,23,24). The predicted molar refractivity (Wildman–Crippen MR) is 104 cm³/mol. The Labute approximate surface area is 165 Å². The minimum Gasteiger partial charge on any atom is -0.383 e. The summed E-state index contributed by atoms with van der Waals surface area (Å²) in [6, 6.07) is 11.2. The summed E-state index contributed by atoms with van der Waals surface area (Å²) >= 11 is 7.44. The van der Waals surface area contributed by atoms with Crippen LogP contribution in [0.4, 0.5) is 5.82 Å². The lowest BCUT2D eigenvalue weighted by molar-refractivity contribution is 0.392. The third kappa shape index (κ3) is 3.61. The number of anilines is 1. The smallest absolute Gasteiger partial charge is 0.143 e. The molecule has 2 N–H and O–H groups in total. The van der Waals surface area contributed by atoms with Crippen LogP contribution in [0.15, 0.2) is 33.8 Å². The Morgan fingerprint density at radius 1 is 1.22 bits per heavy atom. The highest BCUT2D eigenvalue weighted by molar-refractivity contribution is 7.98. The number of nitriles is 2. The van der Waals surface area contributed by atoms with Crippen LogP contribution in [-0.2, 0) is 5.75 Å². The summed E-state index contributed by atoms with van der Waals surface area (Å²) in [6.45, 7) is 3.69. The lowest BCUT2D eigenvalue weighted by Gasteiger charge is -2.13. The van der Waals surface area contributed by atoms with Crippen LogP contribution in [0, 0.1) is 36.5 Å². The highest BCUT2D eigenvalue weighted by Crippen LogP contribution is 2.37. The zero-order valence-corrected chi connectivity index (χ0v) is 16.1. The summed E-state index contributed by atoms with van der Waals surface area (Å²) in [5.74, 6) is 1.31. The first-order chi connectivity index (χ1) is 13.0. The maximum Gasteiger partial charge on any atom is 0.143 e. The lowest BCUT2D eigenvalue weighted by Crippen LogP contribution is -2.03. The molecule has 2 aromatic heterocycles. The Hall–Kier alpha value is -3.00. The van der Waals surface area contributed by atoms with Gasteiger partial charge in [-0.15, -0.1) is 11.8 Å². The van der Waals surface area contributed by atoms with Crippen LogP contribution in [0.2, 0.25) is 5.02 Å². The molecule has 134 valence electrons. The van der Waals surface area contributed by atoms with Gasteiger partial charge in [-0.05, 0) is 31.5 Å². The van der Waals surface area contributed by atoms with Crippen molar-refractivity contribution in [1.29, 1.82) is 10.5 Å². The van der Waals surface area contributed by atoms with Crippen LogP contribution < -0.4 is 5.73 Å². The van der Waals surface area contributed by atoms with Crippen molar-refractivity contribution in [1.82, 2.24) is 10.1 Å². The van der Waals surface area contributed by atoms with E-state index in [0.717, 1.165) is 17.0 Å². The van der Waals surface area contributed by atoms with E-state index in [0.29, 0.717) is 32.5 Å². The van der Waals surface area contributed by atoms with Gasteiger partial charge < -0.3 is 10.3 Å². The van der Waals surface area contributed by atoms with Crippen molar-refractivity contribution in [2.24, 2.45) is 0 Å². The van der Waals surface area contributed by atoms with Crippen molar-refractivity contribution >= 4 is 29.2 Å². The Morgan fingerprint density at radius 2 is 1.96 bits per heavy atom. The largest absolute Gasteiger partial charge is 0.383 e. The normalized spacial score (nSPS) is 10.4. The van der Waals surface area contributed by atoms with Crippen LogP contribution in [0.1, 0.15) is 28.1 Å². The molecular formula is C19H14ClN5OS. The number of hydrogen-bond acceptors (Lipinski definition) is 7. The van der Waals surface area contributed by atoms with Crippen molar-refractivity contribution in [3.05, 3.63) is 57.4 Å². The van der Waals surface area contributed by atoms with Crippen molar-refractivity contribution in [3.8, 4) is 23.3 Å². The molecule has 1 aromatic carbocycles. The zero-order valence-electron chi connectivity index (χ0n) is 14.6. The topological polar surface area (TPSA) is 113 Å². The van der Waals surface area contributed by atoms with Gasteiger partial charge in [0, 0.05) is 21.9 Å². The number of pyridine rings is 1. The molecule has 0 saturated heterocycles. The number of hydrogen-bond donors (Lipinski definition) is 1. The average molecular weight is 396 g/mol. The molecule has 6 nitrogen and oxygen atoms in total. The molecule has 8 heteroatoms. The quantitative estimate of drug-likeness (QED) is 0.641. The molecular weight excluding hydrogens is 382 g/mol. The fourth-order valence-electron chi connectivity index (χ4n) is 2.68. The number of aryl methyl sites for hydroxylation is 2. The van der Waals surface area contributed by atoms with E-state index in [2.05, 4.69) is 22.3 Å². The second-order valence-electron chi connectivity index (χ2n) is 5.75. The van der Waals surface area contributed by atoms with Crippen molar-refractivity contribution in [2.75, 3.05) is 5.73 Å². The van der Waals surface area contributed by atoms with Crippen LogP contribution >= 0.6 is 23.4 Å². The van der Waals surface area contributed by atoms with Gasteiger partial charge in [-0.25, -0.2) is 4.98 Å². The fourth-order valence-corrected chi connectivity index (χ4v) is 4.02. The van der Waals surface area contributed by atoms with Crippen LogP contribution in [0.25, 0.3) is 11.1 Å². The van der Waals surface area contributed by atoms with Gasteiger partial charge in [-0.1, -0.05) is 28.9 Å². The van der Waals surface area contributed by atoms with E-state index in [1.807, 2.05) is 13.8 Å². The van der Waals surface area contributed by atoms with Crippen LogP contribution in [-0.4, -0.2) is 10.1 Å². The van der Waals surface area contributed by atoms with Gasteiger partial charge in [-0.2, -0.15) is 10.5 Å². The molecule has 0 unspecified atom stereocenters. The Kier molecular flexibility index (Phi) is 5.36. The van der Waals surface area contributed by atoms with Gasteiger partial charge in [0.15, 0.2) is 0 Å². The molecule has 3 rings (SSSR count). The lowest BCUT2D eigenvalue weighted by atomic mass is 9.97. The summed E-state index contributed by atoms with van der Waals surface area (Å²) in [5.41, 5.74) is 9.29. The molecule has 0 bridgehead atoms. The van der Waals surface area contributed by atoms with Crippen LogP contribution in [0.3, 0.4) is 0 Å². The summed E-state index contributed by atoms with van der Waals surface area (Å²) in [6.07, 6.45) is 0. The number of halogens is 1. The van der Waals surface area contributed by atoms with E-state index in [1.165, 1.54) is 11.8 Å². The number of nitrogen functional groups attached to an aromatic ring is 1. The number of aromatic nitrogens is 2. The minimum atomic E-state index is 0.0766. The first-order valence-corrected chi connectivity index (χ1v) is 9.26. The Balaban J connectivity index is 2.13. The summed E-state index contributed by atoms with van der Waals surface area (Å²) in [7, 11) is 0. The van der Waals surface area contributed by atoms with Crippen molar-refractivity contribution in [3.63, 3.8) is 0 Å². The molecule has 0 saturated carbocycles. The molecule has 27 heavy (non-hydrogen) atoms. The Bertz CT molecular complexity index is 1090. The number of rotatable bonds is 4. The van der Waals surface area contributed by atoms with E-state index in [9.17, 15) is 10.5 Å². The molecule has 0 radical (unpaired) electrons. The SMILES string of the molecule is Cc1noc(C)c1CSc1nc(N)c(C#N)c(-c2cccc(Cl)c2)c1C#N. The summed E-state index contributed by atoms with van der Waals surface area (Å²) in [4.78, 5) is 4.29. The summed E-state index contributed by atoms with van der Waals surface area (Å²) < 4.78 is 5.18. The van der Waals surface area contributed by atoms with Gasteiger partial charge in [0.25, 0.3) is 0 Å². The first-order valence-electron chi connectivity index (χ1n) is 7.90. The highest BCUT2D eigenvalue weighted by Gasteiger charge is 2.21. The van der Waals surface area contributed by atoms with E-state index in [-0.39, 0.29) is 11.4 Å². The minimum absolute atomic E-state index is 0.0766. The van der Waals surface area contributed by atoms with Gasteiger partial charge in [0.1, 0.15) is 34.3 Å². The molecule has 0 atom stereocenters. The second kappa shape index (κ2) is 7.71. The van der Waals surface area contributed by atoms with Crippen molar-refractivity contribution in [2.45, 2.75) is 24.6 Å². The molecule has 0 aliphatic rings. The number of nitrogens with zero attached hydrogens (tertiary/aromatic N) is 4. The Morgan fingerprint density at radius 3 is 2.56 bits per heavy atom.